The number of nitrogens with one attached hydrogen (secondary N) is 1. The van der Waals surface area contributed by atoms with Crippen molar-refractivity contribution in [2.75, 3.05) is 0 Å². The number of hydrogen-bond acceptors (Lipinski definition) is 3. The number of carbonyl (C=O) groups excluding carboxylic acids is 2. The standard InChI is InChI=1S/C25H21NO2S/c27-23(17-20-12-7-13-24-21(20)14-15-29-24)22(16-18-8-3-1-4-9-18)26-25(28)19-10-5-2-6-11-19/h1-15,22H,16-17H2,(H,26,28). The van der Waals surface area contributed by atoms with Crippen LogP contribution >= 0.6 is 11.3 Å². The van der Waals surface area contributed by atoms with Gasteiger partial charge < -0.3 is 5.32 Å². The molecule has 1 N–H and O–H groups in total. The second-order valence-electron chi connectivity index (χ2n) is 6.97. The molecule has 0 radical (unpaired) electrons. The summed E-state index contributed by atoms with van der Waals surface area (Å²) >= 11 is 1.67. The molecular weight excluding hydrogens is 378 g/mol. The van der Waals surface area contributed by atoms with Crippen LogP contribution in [0.15, 0.2) is 90.3 Å². The fourth-order valence-corrected chi connectivity index (χ4v) is 4.28. The summed E-state index contributed by atoms with van der Waals surface area (Å²) in [5, 5.41) is 6.11. The summed E-state index contributed by atoms with van der Waals surface area (Å²) in [6.45, 7) is 0. The second kappa shape index (κ2) is 8.84. The van der Waals surface area contributed by atoms with Crippen LogP contribution in [-0.4, -0.2) is 17.7 Å². The molecule has 0 spiro atoms. The van der Waals surface area contributed by atoms with Crippen molar-refractivity contribution in [1.82, 2.24) is 5.32 Å². The van der Waals surface area contributed by atoms with Crippen LogP contribution in [0.25, 0.3) is 10.1 Å². The van der Waals surface area contributed by atoms with Gasteiger partial charge in [-0.1, -0.05) is 60.7 Å². The van der Waals surface area contributed by atoms with Crippen molar-refractivity contribution >= 4 is 33.1 Å². The first-order valence-corrected chi connectivity index (χ1v) is 10.5. The van der Waals surface area contributed by atoms with E-state index in [-0.39, 0.29) is 11.7 Å². The van der Waals surface area contributed by atoms with Crippen LogP contribution in [0.4, 0.5) is 0 Å². The molecule has 4 heteroatoms. The number of amides is 1. The van der Waals surface area contributed by atoms with E-state index in [2.05, 4.69) is 17.4 Å². The monoisotopic (exact) mass is 399 g/mol. The number of ketones is 1. The van der Waals surface area contributed by atoms with Gasteiger partial charge in [-0.3, -0.25) is 9.59 Å². The highest BCUT2D eigenvalue weighted by atomic mass is 32.1. The Morgan fingerprint density at radius 1 is 0.828 bits per heavy atom. The molecule has 0 aliphatic heterocycles. The third-order valence-electron chi connectivity index (χ3n) is 4.96. The van der Waals surface area contributed by atoms with Crippen molar-refractivity contribution in [3.8, 4) is 0 Å². The Morgan fingerprint density at radius 2 is 1.55 bits per heavy atom. The fourth-order valence-electron chi connectivity index (χ4n) is 3.45. The van der Waals surface area contributed by atoms with Gasteiger partial charge in [0, 0.05) is 16.7 Å². The molecule has 29 heavy (non-hydrogen) atoms. The SMILES string of the molecule is O=C(NC(Cc1ccccc1)C(=O)Cc1cccc2sccc12)c1ccccc1. The number of carbonyl (C=O) groups is 2. The maximum atomic E-state index is 13.2. The predicted molar refractivity (Wildman–Crippen MR) is 118 cm³/mol. The molecule has 3 nitrogen and oxygen atoms in total. The van der Waals surface area contributed by atoms with E-state index in [1.807, 2.05) is 66.0 Å². The Hall–Kier alpha value is -3.24. The summed E-state index contributed by atoms with van der Waals surface area (Å²) in [6.07, 6.45) is 0.762. The largest absolute Gasteiger partial charge is 0.342 e. The first-order chi connectivity index (χ1) is 14.2. The summed E-state index contributed by atoms with van der Waals surface area (Å²) in [7, 11) is 0. The summed E-state index contributed by atoms with van der Waals surface area (Å²) in [6, 6.07) is 26.3. The van der Waals surface area contributed by atoms with E-state index in [1.165, 1.54) is 4.70 Å². The second-order valence-corrected chi connectivity index (χ2v) is 7.92. The predicted octanol–water partition coefficient (Wildman–Crippen LogP) is 5.05. The Morgan fingerprint density at radius 3 is 2.31 bits per heavy atom. The average Bonchev–Trinajstić information content (AvgIpc) is 3.24. The maximum absolute atomic E-state index is 13.2. The number of fused-ring (bicyclic) bond motifs is 1. The molecule has 1 aromatic heterocycles. The molecule has 1 amide bonds. The summed E-state index contributed by atoms with van der Waals surface area (Å²) in [4.78, 5) is 25.9. The van der Waals surface area contributed by atoms with Gasteiger partial charge in [0.15, 0.2) is 5.78 Å². The molecular formula is C25H21NO2S. The van der Waals surface area contributed by atoms with Gasteiger partial charge in [0.2, 0.25) is 0 Å². The molecule has 0 fully saturated rings. The number of thiophene rings is 1. The van der Waals surface area contributed by atoms with Crippen LogP contribution in [0.5, 0.6) is 0 Å². The van der Waals surface area contributed by atoms with Gasteiger partial charge in [-0.2, -0.15) is 0 Å². The molecule has 1 heterocycles. The van der Waals surface area contributed by atoms with Crippen LogP contribution in [0, 0.1) is 0 Å². The Labute approximate surface area is 174 Å². The van der Waals surface area contributed by atoms with Crippen molar-refractivity contribution in [3.63, 3.8) is 0 Å². The molecule has 3 aromatic carbocycles. The first-order valence-electron chi connectivity index (χ1n) is 9.58. The summed E-state index contributed by atoms with van der Waals surface area (Å²) in [5.41, 5.74) is 2.58. The fraction of sp³-hybridized carbons (Fsp3) is 0.120. The first kappa shape index (κ1) is 19.1. The average molecular weight is 400 g/mol. The highest BCUT2D eigenvalue weighted by molar-refractivity contribution is 7.17. The number of Topliss-reactive ketones (excluding diaryl/α,β-unsaturated/α-hetero) is 1. The van der Waals surface area contributed by atoms with E-state index in [0.717, 1.165) is 16.5 Å². The minimum atomic E-state index is -0.584. The zero-order valence-electron chi connectivity index (χ0n) is 15.9. The Kier molecular flexibility index (Phi) is 5.82. The zero-order chi connectivity index (χ0) is 20.1. The van der Waals surface area contributed by atoms with E-state index in [1.54, 1.807) is 23.5 Å². The normalized spacial score (nSPS) is 11.9. The van der Waals surface area contributed by atoms with Crippen LogP contribution in [0.3, 0.4) is 0 Å². The Bertz CT molecular complexity index is 1120. The minimum Gasteiger partial charge on any atom is -0.342 e. The summed E-state index contributed by atoms with van der Waals surface area (Å²) in [5.74, 6) is -0.217. The molecule has 0 saturated heterocycles. The van der Waals surface area contributed by atoms with E-state index in [0.29, 0.717) is 18.4 Å². The third-order valence-corrected chi connectivity index (χ3v) is 5.85. The van der Waals surface area contributed by atoms with E-state index in [9.17, 15) is 9.59 Å². The topological polar surface area (TPSA) is 46.2 Å². The minimum absolute atomic E-state index is 0.0110. The van der Waals surface area contributed by atoms with Crippen LogP contribution in [0.1, 0.15) is 21.5 Å². The highest BCUT2D eigenvalue weighted by Crippen LogP contribution is 2.25. The van der Waals surface area contributed by atoms with Gasteiger partial charge in [-0.05, 0) is 52.6 Å². The van der Waals surface area contributed by atoms with Crippen molar-refractivity contribution in [1.29, 1.82) is 0 Å². The smallest absolute Gasteiger partial charge is 0.251 e. The molecule has 4 aromatic rings. The van der Waals surface area contributed by atoms with Crippen molar-refractivity contribution in [2.45, 2.75) is 18.9 Å². The van der Waals surface area contributed by atoms with Crippen LogP contribution in [0.2, 0.25) is 0 Å². The van der Waals surface area contributed by atoms with E-state index < -0.39 is 6.04 Å². The lowest BCUT2D eigenvalue weighted by molar-refractivity contribution is -0.120. The van der Waals surface area contributed by atoms with Gasteiger partial charge in [-0.15, -0.1) is 11.3 Å². The number of rotatable bonds is 7. The van der Waals surface area contributed by atoms with Gasteiger partial charge >= 0.3 is 0 Å². The van der Waals surface area contributed by atoms with Crippen molar-refractivity contribution in [2.24, 2.45) is 0 Å². The highest BCUT2D eigenvalue weighted by Gasteiger charge is 2.22. The third kappa shape index (κ3) is 4.61. The molecule has 0 aliphatic carbocycles. The number of benzene rings is 3. The van der Waals surface area contributed by atoms with Gasteiger partial charge in [-0.25, -0.2) is 0 Å². The lowest BCUT2D eigenvalue weighted by atomic mass is 9.96. The van der Waals surface area contributed by atoms with Gasteiger partial charge in [0.05, 0.1) is 6.04 Å². The molecule has 144 valence electrons. The number of hydrogen-bond donors (Lipinski definition) is 1. The molecule has 0 saturated carbocycles. The molecule has 1 atom stereocenters. The quantitative estimate of drug-likeness (QED) is 0.472. The molecule has 1 unspecified atom stereocenters. The van der Waals surface area contributed by atoms with Crippen molar-refractivity contribution < 1.29 is 9.59 Å². The lowest BCUT2D eigenvalue weighted by Gasteiger charge is -2.18. The van der Waals surface area contributed by atoms with Gasteiger partial charge in [0.25, 0.3) is 5.91 Å². The van der Waals surface area contributed by atoms with E-state index >= 15 is 0 Å². The Balaban J connectivity index is 1.57. The molecule has 4 rings (SSSR count). The summed E-state index contributed by atoms with van der Waals surface area (Å²) < 4.78 is 1.17. The van der Waals surface area contributed by atoms with Crippen LogP contribution in [-0.2, 0) is 17.6 Å². The van der Waals surface area contributed by atoms with E-state index in [4.69, 9.17) is 0 Å². The van der Waals surface area contributed by atoms with Crippen LogP contribution < -0.4 is 5.32 Å². The lowest BCUT2D eigenvalue weighted by Crippen LogP contribution is -2.43. The molecule has 0 bridgehead atoms. The molecule has 0 aliphatic rings. The van der Waals surface area contributed by atoms with Gasteiger partial charge in [0.1, 0.15) is 0 Å². The zero-order valence-corrected chi connectivity index (χ0v) is 16.7. The maximum Gasteiger partial charge on any atom is 0.251 e. The van der Waals surface area contributed by atoms with Crippen molar-refractivity contribution in [3.05, 3.63) is 107 Å².